The lowest BCUT2D eigenvalue weighted by molar-refractivity contribution is -0.137. The molecule has 1 aromatic carbocycles. The minimum Gasteiger partial charge on any atom is -0.481 e. The maximum absolute atomic E-state index is 12.5. The van der Waals surface area contributed by atoms with Crippen LogP contribution in [0.5, 0.6) is 0 Å². The van der Waals surface area contributed by atoms with Crippen molar-refractivity contribution in [2.45, 2.75) is 19.8 Å². The van der Waals surface area contributed by atoms with E-state index in [-0.39, 0.29) is 18.9 Å². The van der Waals surface area contributed by atoms with Gasteiger partial charge in [0.05, 0.1) is 6.42 Å². The molecule has 1 aromatic rings. The van der Waals surface area contributed by atoms with Crippen LogP contribution in [0.15, 0.2) is 24.3 Å². The summed E-state index contributed by atoms with van der Waals surface area (Å²) < 4.78 is 0. The number of hydrogen-bond donors (Lipinski definition) is 1. The number of nitrogens with zero attached hydrogens (tertiary/aromatic N) is 2. The Labute approximate surface area is 126 Å². The van der Waals surface area contributed by atoms with Gasteiger partial charge in [0.1, 0.15) is 0 Å². The van der Waals surface area contributed by atoms with E-state index in [2.05, 4.69) is 0 Å². The molecule has 0 fully saturated rings. The summed E-state index contributed by atoms with van der Waals surface area (Å²) in [6.45, 7) is 3.61. The molecule has 0 aliphatic rings. The highest BCUT2D eigenvalue weighted by Crippen LogP contribution is 2.09. The fraction of sp³-hybridized carbons (Fsp3) is 0.500. The fourth-order valence-electron chi connectivity index (χ4n) is 2.08. The Morgan fingerprint density at radius 2 is 1.86 bits per heavy atom. The van der Waals surface area contributed by atoms with Crippen LogP contribution >= 0.6 is 0 Å². The van der Waals surface area contributed by atoms with E-state index < -0.39 is 5.97 Å². The molecule has 0 bridgehead atoms. The van der Waals surface area contributed by atoms with Gasteiger partial charge in [-0.05, 0) is 46.1 Å². The topological polar surface area (TPSA) is 60.9 Å². The summed E-state index contributed by atoms with van der Waals surface area (Å²) >= 11 is 0. The summed E-state index contributed by atoms with van der Waals surface area (Å²) in [7, 11) is 3.95. The van der Waals surface area contributed by atoms with Gasteiger partial charge in [0.2, 0.25) is 0 Å². The Morgan fingerprint density at radius 3 is 2.43 bits per heavy atom. The van der Waals surface area contributed by atoms with Crippen molar-refractivity contribution in [3.8, 4) is 0 Å². The number of carbonyl (C=O) groups is 2. The molecular formula is C16H24N2O3. The zero-order valence-corrected chi connectivity index (χ0v) is 13.0. The van der Waals surface area contributed by atoms with Crippen molar-refractivity contribution >= 4 is 11.9 Å². The molecule has 0 aromatic heterocycles. The van der Waals surface area contributed by atoms with Gasteiger partial charge in [-0.25, -0.2) is 0 Å². The molecule has 0 saturated carbocycles. The number of hydrogen-bond acceptors (Lipinski definition) is 3. The van der Waals surface area contributed by atoms with E-state index in [4.69, 9.17) is 5.11 Å². The van der Waals surface area contributed by atoms with Crippen LogP contribution in [0, 0.1) is 6.92 Å². The first kappa shape index (κ1) is 17.2. The molecule has 1 amide bonds. The lowest BCUT2D eigenvalue weighted by Gasteiger charge is -2.23. The predicted octanol–water partition coefficient (Wildman–Crippen LogP) is 1.86. The predicted molar refractivity (Wildman–Crippen MR) is 82.5 cm³/mol. The largest absolute Gasteiger partial charge is 0.481 e. The molecule has 0 saturated heterocycles. The molecule has 21 heavy (non-hydrogen) atoms. The van der Waals surface area contributed by atoms with Gasteiger partial charge < -0.3 is 14.9 Å². The molecule has 116 valence electrons. The van der Waals surface area contributed by atoms with Crippen LogP contribution in [0.4, 0.5) is 0 Å². The van der Waals surface area contributed by atoms with Gasteiger partial charge >= 0.3 is 5.97 Å². The van der Waals surface area contributed by atoms with E-state index in [0.29, 0.717) is 12.1 Å². The minimum atomic E-state index is -0.885. The summed E-state index contributed by atoms with van der Waals surface area (Å²) in [5.41, 5.74) is 1.64. The first-order chi connectivity index (χ1) is 9.90. The number of carbonyl (C=O) groups excluding carboxylic acids is 1. The SMILES string of the molecule is Cc1cccc(C(=O)N(CCCN(C)C)CCC(=O)O)c1. The Balaban J connectivity index is 2.73. The lowest BCUT2D eigenvalue weighted by atomic mass is 10.1. The van der Waals surface area contributed by atoms with Crippen molar-refractivity contribution in [1.29, 1.82) is 0 Å². The first-order valence-electron chi connectivity index (χ1n) is 7.12. The van der Waals surface area contributed by atoms with Crippen LogP contribution in [-0.2, 0) is 4.79 Å². The van der Waals surface area contributed by atoms with Crippen molar-refractivity contribution in [3.05, 3.63) is 35.4 Å². The fourth-order valence-corrected chi connectivity index (χ4v) is 2.08. The Morgan fingerprint density at radius 1 is 1.14 bits per heavy atom. The third kappa shape index (κ3) is 6.40. The third-order valence-electron chi connectivity index (χ3n) is 3.18. The molecule has 0 aliphatic heterocycles. The second-order valence-electron chi connectivity index (χ2n) is 5.46. The summed E-state index contributed by atoms with van der Waals surface area (Å²) in [5, 5.41) is 8.83. The number of carboxylic acid groups (broad SMARTS) is 1. The molecule has 0 spiro atoms. The van der Waals surface area contributed by atoms with Crippen molar-refractivity contribution in [1.82, 2.24) is 9.80 Å². The van der Waals surface area contributed by atoms with Crippen LogP contribution in [0.3, 0.4) is 0 Å². The van der Waals surface area contributed by atoms with Crippen molar-refractivity contribution < 1.29 is 14.7 Å². The van der Waals surface area contributed by atoms with Crippen LogP contribution in [-0.4, -0.2) is 60.5 Å². The van der Waals surface area contributed by atoms with Crippen LogP contribution < -0.4 is 0 Å². The average Bonchev–Trinajstić information content (AvgIpc) is 2.41. The maximum Gasteiger partial charge on any atom is 0.305 e. The number of aliphatic carboxylic acids is 1. The molecule has 0 heterocycles. The number of benzene rings is 1. The van der Waals surface area contributed by atoms with E-state index >= 15 is 0 Å². The van der Waals surface area contributed by atoms with Gasteiger partial charge in [-0.3, -0.25) is 9.59 Å². The van der Waals surface area contributed by atoms with Gasteiger partial charge in [0, 0.05) is 18.7 Å². The minimum absolute atomic E-state index is 0.0283. The Hall–Kier alpha value is -1.88. The van der Waals surface area contributed by atoms with Crippen LogP contribution in [0.2, 0.25) is 0 Å². The molecular weight excluding hydrogens is 268 g/mol. The number of aryl methyl sites for hydroxylation is 1. The standard InChI is InChI=1S/C16H24N2O3/c1-13-6-4-7-14(12-13)16(21)18(11-8-15(19)20)10-5-9-17(2)3/h4,6-7,12H,5,8-11H2,1-3H3,(H,19,20). The van der Waals surface area contributed by atoms with Crippen LogP contribution in [0.25, 0.3) is 0 Å². The monoisotopic (exact) mass is 292 g/mol. The quantitative estimate of drug-likeness (QED) is 0.794. The summed E-state index contributed by atoms with van der Waals surface area (Å²) in [4.78, 5) is 26.9. The normalized spacial score (nSPS) is 10.7. The lowest BCUT2D eigenvalue weighted by Crippen LogP contribution is -2.35. The molecule has 1 rings (SSSR count). The van der Waals surface area contributed by atoms with Crippen molar-refractivity contribution in [2.75, 3.05) is 33.7 Å². The molecule has 5 nitrogen and oxygen atoms in total. The Kier molecular flexibility index (Phi) is 6.88. The highest BCUT2D eigenvalue weighted by Gasteiger charge is 2.16. The summed E-state index contributed by atoms with van der Waals surface area (Å²) in [6, 6.07) is 7.39. The molecule has 0 atom stereocenters. The molecule has 0 unspecified atom stereocenters. The summed E-state index contributed by atoms with van der Waals surface area (Å²) in [6.07, 6.45) is 0.795. The molecule has 0 aliphatic carbocycles. The first-order valence-corrected chi connectivity index (χ1v) is 7.12. The van der Waals surface area contributed by atoms with E-state index in [1.165, 1.54) is 0 Å². The van der Waals surface area contributed by atoms with E-state index in [1.54, 1.807) is 11.0 Å². The second-order valence-corrected chi connectivity index (χ2v) is 5.46. The zero-order valence-electron chi connectivity index (χ0n) is 13.0. The third-order valence-corrected chi connectivity index (χ3v) is 3.18. The second kappa shape index (κ2) is 8.42. The van der Waals surface area contributed by atoms with Crippen molar-refractivity contribution in [2.24, 2.45) is 0 Å². The van der Waals surface area contributed by atoms with Crippen molar-refractivity contribution in [3.63, 3.8) is 0 Å². The van der Waals surface area contributed by atoms with Gasteiger partial charge in [0.25, 0.3) is 5.91 Å². The molecule has 1 N–H and O–H groups in total. The zero-order chi connectivity index (χ0) is 15.8. The van der Waals surface area contributed by atoms with Gasteiger partial charge in [-0.1, -0.05) is 17.7 Å². The highest BCUT2D eigenvalue weighted by atomic mass is 16.4. The number of rotatable bonds is 8. The van der Waals surface area contributed by atoms with E-state index in [1.807, 2.05) is 44.1 Å². The van der Waals surface area contributed by atoms with Gasteiger partial charge in [0.15, 0.2) is 0 Å². The maximum atomic E-state index is 12.5. The smallest absolute Gasteiger partial charge is 0.305 e. The summed E-state index contributed by atoms with van der Waals surface area (Å²) in [5.74, 6) is -0.983. The van der Waals surface area contributed by atoms with Crippen LogP contribution in [0.1, 0.15) is 28.8 Å². The molecule has 5 heteroatoms. The van der Waals surface area contributed by atoms with Gasteiger partial charge in [-0.2, -0.15) is 0 Å². The average molecular weight is 292 g/mol. The van der Waals surface area contributed by atoms with E-state index in [9.17, 15) is 9.59 Å². The molecule has 0 radical (unpaired) electrons. The highest BCUT2D eigenvalue weighted by molar-refractivity contribution is 5.94. The number of carboxylic acids is 1. The number of amides is 1. The van der Waals surface area contributed by atoms with E-state index in [0.717, 1.165) is 18.5 Å². The van der Waals surface area contributed by atoms with Gasteiger partial charge in [-0.15, -0.1) is 0 Å². The Bertz CT molecular complexity index is 486.